The molecule has 110 valence electrons. The van der Waals surface area contributed by atoms with Gasteiger partial charge >= 0.3 is 0 Å². The first-order valence-electron chi connectivity index (χ1n) is 7.07. The van der Waals surface area contributed by atoms with Crippen molar-refractivity contribution in [3.05, 3.63) is 17.7 Å². The van der Waals surface area contributed by atoms with E-state index in [1.165, 1.54) is 10.3 Å². The van der Waals surface area contributed by atoms with E-state index in [0.29, 0.717) is 5.92 Å². The van der Waals surface area contributed by atoms with E-state index in [2.05, 4.69) is 57.1 Å². The van der Waals surface area contributed by atoms with Gasteiger partial charge in [0.15, 0.2) is 5.13 Å². The van der Waals surface area contributed by atoms with Gasteiger partial charge in [-0.25, -0.2) is 4.98 Å². The van der Waals surface area contributed by atoms with Crippen LogP contribution in [0.2, 0.25) is 0 Å². The van der Waals surface area contributed by atoms with Crippen LogP contribution < -0.4 is 10.1 Å². The van der Waals surface area contributed by atoms with Crippen molar-refractivity contribution in [3.63, 3.8) is 0 Å². The molecular formula is C16H24N2OS. The van der Waals surface area contributed by atoms with Crippen molar-refractivity contribution in [1.29, 1.82) is 0 Å². The number of aromatic nitrogens is 1. The largest absolute Gasteiger partial charge is 0.493 e. The molecule has 0 amide bonds. The molecule has 0 aliphatic rings. The lowest BCUT2D eigenvalue weighted by Crippen LogP contribution is -2.15. The highest BCUT2D eigenvalue weighted by Crippen LogP contribution is 2.37. The van der Waals surface area contributed by atoms with E-state index in [0.717, 1.165) is 23.0 Å². The highest BCUT2D eigenvalue weighted by molar-refractivity contribution is 7.22. The smallest absolute Gasteiger partial charge is 0.183 e. The van der Waals surface area contributed by atoms with Crippen molar-refractivity contribution in [3.8, 4) is 5.75 Å². The molecule has 0 aliphatic carbocycles. The molecule has 0 fully saturated rings. The number of thiazole rings is 1. The maximum atomic E-state index is 6.03. The first-order chi connectivity index (χ1) is 9.31. The molecule has 0 unspecified atom stereocenters. The van der Waals surface area contributed by atoms with Gasteiger partial charge < -0.3 is 10.1 Å². The van der Waals surface area contributed by atoms with Crippen molar-refractivity contribution in [2.45, 2.75) is 40.0 Å². The monoisotopic (exact) mass is 292 g/mol. The first-order valence-corrected chi connectivity index (χ1v) is 7.88. The van der Waals surface area contributed by atoms with Gasteiger partial charge in [-0.05, 0) is 23.5 Å². The quantitative estimate of drug-likeness (QED) is 0.889. The summed E-state index contributed by atoms with van der Waals surface area (Å²) in [4.78, 5) is 4.59. The molecular weight excluding hydrogens is 268 g/mol. The molecule has 1 heterocycles. The molecule has 0 saturated heterocycles. The predicted molar refractivity (Wildman–Crippen MR) is 88.2 cm³/mol. The highest BCUT2D eigenvalue weighted by Gasteiger charge is 2.21. The molecule has 20 heavy (non-hydrogen) atoms. The zero-order valence-electron chi connectivity index (χ0n) is 13.2. The van der Waals surface area contributed by atoms with Gasteiger partial charge in [-0.2, -0.15) is 0 Å². The Morgan fingerprint density at radius 2 is 2.00 bits per heavy atom. The second kappa shape index (κ2) is 5.60. The summed E-state index contributed by atoms with van der Waals surface area (Å²) in [6, 6.07) is 4.30. The molecule has 0 radical (unpaired) electrons. The summed E-state index contributed by atoms with van der Waals surface area (Å²) in [5.41, 5.74) is 2.31. The van der Waals surface area contributed by atoms with E-state index >= 15 is 0 Å². The molecule has 1 N–H and O–H groups in total. The fourth-order valence-electron chi connectivity index (χ4n) is 2.02. The number of hydrogen-bond acceptors (Lipinski definition) is 4. The van der Waals surface area contributed by atoms with Gasteiger partial charge in [0, 0.05) is 12.6 Å². The van der Waals surface area contributed by atoms with E-state index in [-0.39, 0.29) is 5.41 Å². The van der Waals surface area contributed by atoms with E-state index in [4.69, 9.17) is 4.74 Å². The van der Waals surface area contributed by atoms with Crippen molar-refractivity contribution >= 4 is 26.7 Å². The third kappa shape index (κ3) is 3.23. The molecule has 3 nitrogen and oxygen atoms in total. The molecule has 2 rings (SSSR count). The Morgan fingerprint density at radius 3 is 2.55 bits per heavy atom. The Hall–Kier alpha value is -1.29. The van der Waals surface area contributed by atoms with Crippen LogP contribution in [-0.4, -0.2) is 18.6 Å². The van der Waals surface area contributed by atoms with Gasteiger partial charge in [-0.15, -0.1) is 0 Å². The number of anilines is 1. The van der Waals surface area contributed by atoms with Crippen LogP contribution in [0.5, 0.6) is 5.75 Å². The minimum Gasteiger partial charge on any atom is -0.493 e. The number of benzene rings is 1. The van der Waals surface area contributed by atoms with Crippen LogP contribution in [0.25, 0.3) is 10.2 Å². The molecule has 1 aromatic heterocycles. The Labute approximate surface area is 125 Å². The normalized spacial score (nSPS) is 12.2. The fraction of sp³-hybridized carbons (Fsp3) is 0.562. The summed E-state index contributed by atoms with van der Waals surface area (Å²) in [7, 11) is 1.90. The molecule has 0 spiro atoms. The van der Waals surface area contributed by atoms with Crippen molar-refractivity contribution in [2.75, 3.05) is 19.0 Å². The average molecular weight is 292 g/mol. The number of ether oxygens (including phenoxy) is 1. The van der Waals surface area contributed by atoms with Crippen LogP contribution >= 0.6 is 11.3 Å². The van der Waals surface area contributed by atoms with Crippen molar-refractivity contribution in [1.82, 2.24) is 4.98 Å². The van der Waals surface area contributed by atoms with Gasteiger partial charge in [0.2, 0.25) is 0 Å². The standard InChI is InChI=1S/C16H24N2OS/c1-10(2)9-19-13-8-14-12(18-15(17-6)20-14)7-11(13)16(3,4)5/h7-8,10H,9H2,1-6H3,(H,17,18). The van der Waals surface area contributed by atoms with Crippen molar-refractivity contribution < 1.29 is 4.74 Å². The van der Waals surface area contributed by atoms with E-state index < -0.39 is 0 Å². The lowest BCUT2D eigenvalue weighted by atomic mass is 9.86. The summed E-state index contributed by atoms with van der Waals surface area (Å²) in [5, 5.41) is 4.06. The third-order valence-electron chi connectivity index (χ3n) is 3.08. The summed E-state index contributed by atoms with van der Waals surface area (Å²) in [5.74, 6) is 1.51. The summed E-state index contributed by atoms with van der Waals surface area (Å²) in [6.45, 7) is 11.7. The molecule has 0 bridgehead atoms. The highest BCUT2D eigenvalue weighted by atomic mass is 32.1. The van der Waals surface area contributed by atoms with Crippen LogP contribution in [0.3, 0.4) is 0 Å². The Balaban J connectivity index is 2.50. The van der Waals surface area contributed by atoms with Gasteiger partial charge in [0.05, 0.1) is 16.8 Å². The number of nitrogens with one attached hydrogen (secondary N) is 1. The van der Waals surface area contributed by atoms with Crippen LogP contribution in [0, 0.1) is 5.92 Å². The first kappa shape index (κ1) is 15.1. The Bertz CT molecular complexity index is 596. The molecule has 4 heteroatoms. The number of rotatable bonds is 4. The third-order valence-corrected chi connectivity index (χ3v) is 4.12. The number of nitrogens with zero attached hydrogens (tertiary/aromatic N) is 1. The van der Waals surface area contributed by atoms with E-state index in [9.17, 15) is 0 Å². The second-order valence-electron chi connectivity index (χ2n) is 6.54. The van der Waals surface area contributed by atoms with Crippen LogP contribution in [0.15, 0.2) is 12.1 Å². The molecule has 2 aromatic rings. The Morgan fingerprint density at radius 1 is 1.30 bits per heavy atom. The number of hydrogen-bond donors (Lipinski definition) is 1. The maximum Gasteiger partial charge on any atom is 0.183 e. The second-order valence-corrected chi connectivity index (χ2v) is 7.57. The molecule has 0 saturated carbocycles. The zero-order chi connectivity index (χ0) is 14.9. The summed E-state index contributed by atoms with van der Waals surface area (Å²) >= 11 is 1.66. The topological polar surface area (TPSA) is 34.2 Å². The zero-order valence-corrected chi connectivity index (χ0v) is 14.0. The van der Waals surface area contributed by atoms with E-state index in [1.54, 1.807) is 11.3 Å². The summed E-state index contributed by atoms with van der Waals surface area (Å²) < 4.78 is 7.20. The van der Waals surface area contributed by atoms with Crippen LogP contribution in [0.4, 0.5) is 5.13 Å². The van der Waals surface area contributed by atoms with Gasteiger partial charge in [-0.3, -0.25) is 0 Å². The lowest BCUT2D eigenvalue weighted by molar-refractivity contribution is 0.265. The average Bonchev–Trinajstić information content (AvgIpc) is 2.75. The maximum absolute atomic E-state index is 6.03. The lowest BCUT2D eigenvalue weighted by Gasteiger charge is -2.23. The number of fused-ring (bicyclic) bond motifs is 1. The summed E-state index contributed by atoms with van der Waals surface area (Å²) in [6.07, 6.45) is 0. The minimum atomic E-state index is 0.0456. The molecule has 1 aromatic carbocycles. The van der Waals surface area contributed by atoms with Crippen LogP contribution in [0.1, 0.15) is 40.2 Å². The van der Waals surface area contributed by atoms with Crippen LogP contribution in [-0.2, 0) is 5.41 Å². The predicted octanol–water partition coefficient (Wildman–Crippen LogP) is 4.67. The van der Waals surface area contributed by atoms with E-state index in [1.807, 2.05) is 7.05 Å². The van der Waals surface area contributed by atoms with Crippen molar-refractivity contribution in [2.24, 2.45) is 5.92 Å². The molecule has 0 atom stereocenters. The Kier molecular flexibility index (Phi) is 4.23. The molecule has 0 aliphatic heterocycles. The van der Waals surface area contributed by atoms with Gasteiger partial charge in [0.25, 0.3) is 0 Å². The SMILES string of the molecule is CNc1nc2cc(C(C)(C)C)c(OCC(C)C)cc2s1. The van der Waals surface area contributed by atoms with Gasteiger partial charge in [-0.1, -0.05) is 46.0 Å². The minimum absolute atomic E-state index is 0.0456. The fourth-order valence-corrected chi connectivity index (χ4v) is 2.85. The van der Waals surface area contributed by atoms with Gasteiger partial charge in [0.1, 0.15) is 5.75 Å².